The zero-order valence-corrected chi connectivity index (χ0v) is 18.6. The standard InChI is InChI=1S/C21H16ClF3N2O3S2/c22-18-11-6-14(21(23,24)25)12-19(18)26-20(28)13-31-16-9-7-15(8-10-16)27-32(29,30)17-4-2-1-3-5-17/h1-12,27H,13H2,(H,26,28). The predicted octanol–water partition coefficient (Wildman–Crippen LogP) is 5.89. The number of carbonyl (C=O) groups excluding carboxylic acids is 1. The van der Waals surface area contributed by atoms with Gasteiger partial charge in [-0.1, -0.05) is 29.8 Å². The van der Waals surface area contributed by atoms with E-state index in [1.54, 1.807) is 42.5 Å². The van der Waals surface area contributed by atoms with Crippen LogP contribution in [0.4, 0.5) is 24.5 Å². The van der Waals surface area contributed by atoms with Gasteiger partial charge in [0.25, 0.3) is 10.0 Å². The highest BCUT2D eigenvalue weighted by Gasteiger charge is 2.31. The third-order valence-electron chi connectivity index (χ3n) is 4.10. The number of amides is 1. The van der Waals surface area contributed by atoms with E-state index in [9.17, 15) is 26.4 Å². The van der Waals surface area contributed by atoms with Gasteiger partial charge in [-0.3, -0.25) is 9.52 Å². The molecule has 3 aromatic rings. The predicted molar refractivity (Wildman–Crippen MR) is 120 cm³/mol. The molecule has 0 bridgehead atoms. The Morgan fingerprint density at radius 3 is 2.25 bits per heavy atom. The molecule has 0 aliphatic heterocycles. The van der Waals surface area contributed by atoms with E-state index in [-0.39, 0.29) is 21.4 Å². The molecular formula is C21H16ClF3N2O3S2. The second-order valence-corrected chi connectivity index (χ2v) is 9.61. The first-order valence-electron chi connectivity index (χ1n) is 9.02. The van der Waals surface area contributed by atoms with Crippen molar-refractivity contribution in [2.24, 2.45) is 0 Å². The van der Waals surface area contributed by atoms with E-state index in [1.165, 1.54) is 12.1 Å². The molecule has 0 saturated heterocycles. The van der Waals surface area contributed by atoms with Gasteiger partial charge < -0.3 is 5.32 Å². The molecule has 2 N–H and O–H groups in total. The van der Waals surface area contributed by atoms with Crippen molar-refractivity contribution in [3.8, 4) is 0 Å². The molecule has 168 valence electrons. The lowest BCUT2D eigenvalue weighted by atomic mass is 10.2. The molecule has 1 amide bonds. The van der Waals surface area contributed by atoms with Crippen LogP contribution in [0, 0.1) is 0 Å². The van der Waals surface area contributed by atoms with Gasteiger partial charge in [-0.2, -0.15) is 13.2 Å². The molecule has 0 heterocycles. The van der Waals surface area contributed by atoms with E-state index in [2.05, 4.69) is 10.0 Å². The lowest BCUT2D eigenvalue weighted by Crippen LogP contribution is -2.15. The van der Waals surface area contributed by atoms with Crippen LogP contribution in [0.5, 0.6) is 0 Å². The number of benzene rings is 3. The van der Waals surface area contributed by atoms with Crippen LogP contribution in [0.2, 0.25) is 5.02 Å². The van der Waals surface area contributed by atoms with Crippen LogP contribution in [0.3, 0.4) is 0 Å². The lowest BCUT2D eigenvalue weighted by Gasteiger charge is -2.12. The highest BCUT2D eigenvalue weighted by molar-refractivity contribution is 8.00. The Bertz CT molecular complexity index is 1200. The first-order chi connectivity index (χ1) is 15.0. The molecule has 0 atom stereocenters. The fourth-order valence-corrected chi connectivity index (χ4v) is 4.51. The van der Waals surface area contributed by atoms with Crippen molar-refractivity contribution in [3.05, 3.63) is 83.4 Å². The van der Waals surface area contributed by atoms with E-state index in [4.69, 9.17) is 11.6 Å². The summed E-state index contributed by atoms with van der Waals surface area (Å²) < 4.78 is 65.6. The zero-order chi connectivity index (χ0) is 23.4. The van der Waals surface area contributed by atoms with Crippen LogP contribution in [-0.4, -0.2) is 20.1 Å². The Morgan fingerprint density at radius 1 is 0.969 bits per heavy atom. The first kappa shape index (κ1) is 24.0. The van der Waals surface area contributed by atoms with Crippen LogP contribution < -0.4 is 10.0 Å². The number of anilines is 2. The number of sulfonamides is 1. The SMILES string of the molecule is O=C(CSc1ccc(NS(=O)(=O)c2ccccc2)cc1)Nc1cc(C(F)(F)F)ccc1Cl. The fourth-order valence-electron chi connectivity index (χ4n) is 2.57. The molecule has 0 saturated carbocycles. The molecule has 3 rings (SSSR count). The lowest BCUT2D eigenvalue weighted by molar-refractivity contribution is -0.137. The van der Waals surface area contributed by atoms with Crippen molar-refractivity contribution < 1.29 is 26.4 Å². The molecule has 0 spiro atoms. The fraction of sp³-hybridized carbons (Fsp3) is 0.0952. The van der Waals surface area contributed by atoms with Crippen molar-refractivity contribution in [2.75, 3.05) is 15.8 Å². The van der Waals surface area contributed by atoms with Crippen LogP contribution in [-0.2, 0) is 21.0 Å². The molecule has 0 fully saturated rings. The summed E-state index contributed by atoms with van der Waals surface area (Å²) in [5.74, 6) is -0.619. The van der Waals surface area contributed by atoms with Crippen LogP contribution in [0.15, 0.2) is 82.6 Å². The molecule has 3 aromatic carbocycles. The third-order valence-corrected chi connectivity index (χ3v) is 6.84. The van der Waals surface area contributed by atoms with E-state index < -0.39 is 27.7 Å². The van der Waals surface area contributed by atoms with Crippen LogP contribution in [0.25, 0.3) is 0 Å². The van der Waals surface area contributed by atoms with Gasteiger partial charge >= 0.3 is 6.18 Å². The molecule has 32 heavy (non-hydrogen) atoms. The summed E-state index contributed by atoms with van der Waals surface area (Å²) in [4.78, 5) is 12.9. The smallest absolute Gasteiger partial charge is 0.324 e. The molecule has 0 aromatic heterocycles. The third kappa shape index (κ3) is 6.41. The molecule has 0 aliphatic rings. The van der Waals surface area contributed by atoms with Crippen molar-refractivity contribution in [1.29, 1.82) is 0 Å². The quantitative estimate of drug-likeness (QED) is 0.397. The molecule has 0 unspecified atom stereocenters. The number of alkyl halides is 3. The van der Waals surface area contributed by atoms with Crippen LogP contribution >= 0.6 is 23.4 Å². The maximum atomic E-state index is 12.8. The zero-order valence-electron chi connectivity index (χ0n) is 16.2. The summed E-state index contributed by atoms with van der Waals surface area (Å²) in [7, 11) is -3.72. The topological polar surface area (TPSA) is 75.3 Å². The minimum absolute atomic E-state index is 0.00796. The van der Waals surface area contributed by atoms with E-state index in [1.807, 2.05) is 0 Å². The minimum atomic E-state index is -4.55. The summed E-state index contributed by atoms with van der Waals surface area (Å²) >= 11 is 7.01. The van der Waals surface area contributed by atoms with E-state index in [0.717, 1.165) is 30.0 Å². The number of carbonyl (C=O) groups is 1. The number of hydrogen-bond donors (Lipinski definition) is 2. The summed E-state index contributed by atoms with van der Waals surface area (Å²) in [6.45, 7) is 0. The van der Waals surface area contributed by atoms with E-state index in [0.29, 0.717) is 10.6 Å². The largest absolute Gasteiger partial charge is 0.416 e. The number of hydrogen-bond acceptors (Lipinski definition) is 4. The summed E-state index contributed by atoms with van der Waals surface area (Å²) in [6, 6.07) is 16.9. The minimum Gasteiger partial charge on any atom is -0.324 e. The Kier molecular flexibility index (Phi) is 7.37. The monoisotopic (exact) mass is 500 g/mol. The Labute approximate surface area is 192 Å². The molecule has 0 radical (unpaired) electrons. The highest BCUT2D eigenvalue weighted by atomic mass is 35.5. The van der Waals surface area contributed by atoms with Gasteiger partial charge in [-0.25, -0.2) is 8.42 Å². The van der Waals surface area contributed by atoms with Crippen molar-refractivity contribution in [2.45, 2.75) is 16.0 Å². The first-order valence-corrected chi connectivity index (χ1v) is 11.9. The van der Waals surface area contributed by atoms with Gasteiger partial charge in [-0.15, -0.1) is 11.8 Å². The Balaban J connectivity index is 1.58. The Hall–Kier alpha value is -2.69. The summed E-state index contributed by atoms with van der Waals surface area (Å²) in [5, 5.41) is 2.36. The number of rotatable bonds is 7. The average molecular weight is 501 g/mol. The van der Waals surface area contributed by atoms with Gasteiger partial charge in [0.1, 0.15) is 0 Å². The number of thioether (sulfide) groups is 1. The number of halogens is 4. The van der Waals surface area contributed by atoms with Gasteiger partial charge in [0.15, 0.2) is 0 Å². The second kappa shape index (κ2) is 9.85. The maximum absolute atomic E-state index is 12.8. The Morgan fingerprint density at radius 2 is 1.62 bits per heavy atom. The van der Waals surface area contributed by atoms with Crippen molar-refractivity contribution >= 4 is 50.7 Å². The molecule has 5 nitrogen and oxygen atoms in total. The van der Waals surface area contributed by atoms with Gasteiger partial charge in [-0.05, 0) is 54.6 Å². The van der Waals surface area contributed by atoms with E-state index >= 15 is 0 Å². The van der Waals surface area contributed by atoms with Crippen molar-refractivity contribution in [1.82, 2.24) is 0 Å². The van der Waals surface area contributed by atoms with Gasteiger partial charge in [0.05, 0.1) is 26.9 Å². The molecule has 0 aliphatic carbocycles. The number of nitrogens with one attached hydrogen (secondary N) is 2. The van der Waals surface area contributed by atoms with Gasteiger partial charge in [0, 0.05) is 10.6 Å². The average Bonchev–Trinajstić information content (AvgIpc) is 2.74. The second-order valence-electron chi connectivity index (χ2n) is 6.47. The van der Waals surface area contributed by atoms with Crippen molar-refractivity contribution in [3.63, 3.8) is 0 Å². The summed E-state index contributed by atoms with van der Waals surface area (Å²) in [6.07, 6.45) is -4.55. The molecule has 11 heteroatoms. The highest BCUT2D eigenvalue weighted by Crippen LogP contribution is 2.34. The summed E-state index contributed by atoms with van der Waals surface area (Å²) in [5.41, 5.74) is -0.699. The van der Waals surface area contributed by atoms with Gasteiger partial charge in [0.2, 0.25) is 5.91 Å². The molecular weight excluding hydrogens is 485 g/mol. The maximum Gasteiger partial charge on any atom is 0.416 e. The van der Waals surface area contributed by atoms with Crippen LogP contribution in [0.1, 0.15) is 5.56 Å². The normalized spacial score (nSPS) is 11.8.